The Morgan fingerprint density at radius 3 is 3.07 bits per heavy atom. The zero-order chi connectivity index (χ0) is 10.1. The third kappa shape index (κ3) is 1.39. The molecular weight excluding hydrogens is 244 g/mol. The second-order valence-electron chi connectivity index (χ2n) is 3.13. The predicted molar refractivity (Wildman–Crippen MR) is 60.7 cm³/mol. The van der Waals surface area contributed by atoms with Gasteiger partial charge in [0, 0.05) is 11.0 Å². The van der Waals surface area contributed by atoms with Crippen LogP contribution in [-0.2, 0) is 4.79 Å². The van der Waals surface area contributed by atoms with Gasteiger partial charge in [0.25, 0.3) is 0 Å². The van der Waals surface area contributed by atoms with Crippen molar-refractivity contribution in [3.63, 3.8) is 0 Å². The first-order chi connectivity index (χ1) is 6.74. The van der Waals surface area contributed by atoms with Crippen LogP contribution in [0.4, 0.5) is 11.4 Å². The number of likely N-dealkylation sites (N-methyl/N-ethyl adjacent to an activating group) is 1. The lowest BCUT2D eigenvalue weighted by molar-refractivity contribution is -0.117. The summed E-state index contributed by atoms with van der Waals surface area (Å²) in [5.41, 5.74) is 1.96. The van der Waals surface area contributed by atoms with E-state index in [2.05, 4.69) is 21.2 Å². The number of anilines is 2. The van der Waals surface area contributed by atoms with Gasteiger partial charge in [-0.1, -0.05) is 6.07 Å². The number of hydrogen-bond acceptors (Lipinski definition) is 2. The van der Waals surface area contributed by atoms with E-state index in [1.54, 1.807) is 4.90 Å². The Morgan fingerprint density at radius 2 is 2.36 bits per heavy atom. The number of hydrogen-bond donors (Lipinski definition) is 1. The van der Waals surface area contributed by atoms with E-state index in [1.165, 1.54) is 0 Å². The lowest BCUT2D eigenvalue weighted by atomic mass is 10.2. The van der Waals surface area contributed by atoms with Crippen molar-refractivity contribution in [3.8, 4) is 0 Å². The fraction of sp³-hybridized carbons (Fsp3) is 0.300. The van der Waals surface area contributed by atoms with E-state index in [1.807, 2.05) is 25.1 Å². The molecule has 1 aromatic carbocycles. The standard InChI is InChI=1S/C10H11BrN2O/c1-2-13-8-5-3-4-7(11)10(8)12-6-9(13)14/h3-5,12H,2,6H2,1H3. The van der Waals surface area contributed by atoms with Crippen LogP contribution in [0.15, 0.2) is 22.7 Å². The average Bonchev–Trinajstić information content (AvgIpc) is 2.18. The molecule has 0 radical (unpaired) electrons. The van der Waals surface area contributed by atoms with Gasteiger partial charge in [-0.2, -0.15) is 0 Å². The number of para-hydroxylation sites is 1. The van der Waals surface area contributed by atoms with Gasteiger partial charge in [0.15, 0.2) is 0 Å². The van der Waals surface area contributed by atoms with Crippen LogP contribution in [0, 0.1) is 0 Å². The molecule has 1 heterocycles. The monoisotopic (exact) mass is 254 g/mol. The molecule has 1 amide bonds. The normalized spacial score (nSPS) is 15.0. The van der Waals surface area contributed by atoms with Crippen LogP contribution < -0.4 is 10.2 Å². The Kier molecular flexibility index (Phi) is 2.46. The van der Waals surface area contributed by atoms with Crippen molar-refractivity contribution in [2.45, 2.75) is 6.92 Å². The number of amides is 1. The molecule has 1 aliphatic rings. The summed E-state index contributed by atoms with van der Waals surface area (Å²) in [6.45, 7) is 3.07. The van der Waals surface area contributed by atoms with E-state index in [0.29, 0.717) is 13.1 Å². The summed E-state index contributed by atoms with van der Waals surface area (Å²) in [5.74, 6) is 0.123. The Bertz CT molecular complexity index is 378. The van der Waals surface area contributed by atoms with Crippen LogP contribution in [0.25, 0.3) is 0 Å². The van der Waals surface area contributed by atoms with Gasteiger partial charge in [0.1, 0.15) is 0 Å². The largest absolute Gasteiger partial charge is 0.374 e. The van der Waals surface area contributed by atoms with Crippen molar-refractivity contribution in [1.82, 2.24) is 0 Å². The highest BCUT2D eigenvalue weighted by Crippen LogP contribution is 2.35. The number of carbonyl (C=O) groups is 1. The number of nitrogens with one attached hydrogen (secondary N) is 1. The fourth-order valence-corrected chi connectivity index (χ4v) is 2.15. The Hall–Kier alpha value is -1.03. The Labute approximate surface area is 91.2 Å². The van der Waals surface area contributed by atoms with Crippen molar-refractivity contribution in [2.24, 2.45) is 0 Å². The second kappa shape index (κ2) is 3.61. The summed E-state index contributed by atoms with van der Waals surface area (Å²) in [6.07, 6.45) is 0. The summed E-state index contributed by atoms with van der Waals surface area (Å²) in [5, 5.41) is 3.11. The molecule has 1 aromatic rings. The van der Waals surface area contributed by atoms with Gasteiger partial charge in [-0.25, -0.2) is 0 Å². The fourth-order valence-electron chi connectivity index (χ4n) is 1.65. The second-order valence-corrected chi connectivity index (χ2v) is 3.98. The third-order valence-corrected chi connectivity index (χ3v) is 2.98. The van der Waals surface area contributed by atoms with Crippen molar-refractivity contribution in [2.75, 3.05) is 23.3 Å². The van der Waals surface area contributed by atoms with E-state index in [-0.39, 0.29) is 5.91 Å². The maximum absolute atomic E-state index is 11.5. The molecule has 0 aliphatic carbocycles. The number of benzene rings is 1. The number of nitrogens with zero attached hydrogens (tertiary/aromatic N) is 1. The highest BCUT2D eigenvalue weighted by Gasteiger charge is 2.23. The van der Waals surface area contributed by atoms with Gasteiger partial charge in [-0.05, 0) is 35.0 Å². The molecule has 74 valence electrons. The van der Waals surface area contributed by atoms with Crippen LogP contribution in [-0.4, -0.2) is 19.0 Å². The topological polar surface area (TPSA) is 32.3 Å². The van der Waals surface area contributed by atoms with E-state index in [0.717, 1.165) is 15.8 Å². The lowest BCUT2D eigenvalue weighted by Crippen LogP contribution is -2.39. The Morgan fingerprint density at radius 1 is 1.57 bits per heavy atom. The van der Waals surface area contributed by atoms with Gasteiger partial charge in [0.05, 0.1) is 17.9 Å². The molecule has 0 bridgehead atoms. The van der Waals surface area contributed by atoms with Crippen molar-refractivity contribution < 1.29 is 4.79 Å². The Balaban J connectivity index is 2.52. The van der Waals surface area contributed by atoms with E-state index in [9.17, 15) is 4.79 Å². The minimum Gasteiger partial charge on any atom is -0.374 e. The van der Waals surface area contributed by atoms with Crippen molar-refractivity contribution >= 4 is 33.2 Å². The SMILES string of the molecule is CCN1C(=O)CNc2c(Br)cccc21. The highest BCUT2D eigenvalue weighted by molar-refractivity contribution is 9.10. The molecule has 2 rings (SSSR count). The molecule has 0 unspecified atom stereocenters. The number of rotatable bonds is 1. The molecule has 0 spiro atoms. The van der Waals surface area contributed by atoms with Gasteiger partial charge in [0.2, 0.25) is 5.91 Å². The van der Waals surface area contributed by atoms with Crippen LogP contribution in [0.2, 0.25) is 0 Å². The van der Waals surface area contributed by atoms with Crippen LogP contribution >= 0.6 is 15.9 Å². The lowest BCUT2D eigenvalue weighted by Gasteiger charge is -2.29. The number of halogens is 1. The smallest absolute Gasteiger partial charge is 0.246 e. The predicted octanol–water partition coefficient (Wildman–Crippen LogP) is 2.23. The molecule has 3 nitrogen and oxygen atoms in total. The molecule has 1 N–H and O–H groups in total. The molecule has 0 aromatic heterocycles. The first-order valence-corrected chi connectivity index (χ1v) is 5.36. The van der Waals surface area contributed by atoms with Crippen LogP contribution in [0.3, 0.4) is 0 Å². The minimum atomic E-state index is 0.123. The van der Waals surface area contributed by atoms with Crippen LogP contribution in [0.1, 0.15) is 6.92 Å². The average molecular weight is 255 g/mol. The molecule has 0 saturated heterocycles. The van der Waals surface area contributed by atoms with E-state index in [4.69, 9.17) is 0 Å². The van der Waals surface area contributed by atoms with Gasteiger partial charge < -0.3 is 10.2 Å². The molecule has 14 heavy (non-hydrogen) atoms. The van der Waals surface area contributed by atoms with Crippen molar-refractivity contribution in [3.05, 3.63) is 22.7 Å². The number of fused-ring (bicyclic) bond motifs is 1. The summed E-state index contributed by atoms with van der Waals surface area (Å²) >= 11 is 3.46. The zero-order valence-electron chi connectivity index (χ0n) is 7.88. The molecule has 1 aliphatic heterocycles. The summed E-state index contributed by atoms with van der Waals surface area (Å²) in [6, 6.07) is 5.86. The summed E-state index contributed by atoms with van der Waals surface area (Å²) in [4.78, 5) is 13.3. The van der Waals surface area contributed by atoms with Crippen LogP contribution in [0.5, 0.6) is 0 Å². The summed E-state index contributed by atoms with van der Waals surface area (Å²) < 4.78 is 1.00. The maximum Gasteiger partial charge on any atom is 0.246 e. The molecule has 0 fully saturated rings. The molecule has 0 saturated carbocycles. The zero-order valence-corrected chi connectivity index (χ0v) is 9.47. The third-order valence-electron chi connectivity index (χ3n) is 2.32. The first-order valence-electron chi connectivity index (χ1n) is 4.56. The van der Waals surface area contributed by atoms with Crippen molar-refractivity contribution in [1.29, 1.82) is 0 Å². The van der Waals surface area contributed by atoms with Gasteiger partial charge >= 0.3 is 0 Å². The van der Waals surface area contributed by atoms with Gasteiger partial charge in [-0.3, -0.25) is 4.79 Å². The first kappa shape index (κ1) is 9.52. The minimum absolute atomic E-state index is 0.123. The van der Waals surface area contributed by atoms with E-state index < -0.39 is 0 Å². The quantitative estimate of drug-likeness (QED) is 0.834. The summed E-state index contributed by atoms with van der Waals surface area (Å²) in [7, 11) is 0. The molecule has 0 atom stereocenters. The molecule has 4 heteroatoms. The van der Waals surface area contributed by atoms with Gasteiger partial charge in [-0.15, -0.1) is 0 Å². The highest BCUT2D eigenvalue weighted by atomic mass is 79.9. The molecular formula is C10H11BrN2O. The maximum atomic E-state index is 11.5. The number of carbonyl (C=O) groups excluding carboxylic acids is 1. The van der Waals surface area contributed by atoms with E-state index >= 15 is 0 Å².